The first kappa shape index (κ1) is 26.4. The standard InChI is InChI=1S/C29H49NO3/c1-8-20(2)18-23(31)27-21(3)12-13-24-28(5,6)15-14-25(29(24,27)7)33-26(32)19-22(4)30-16-10-9-11-17-30/h8,20-22,24-25,27H,1,9-19H2,2-7H3/t20-,21+,22?,24+,25?,27-,29-/m1/s1. The molecule has 0 radical (unpaired) electrons. The Morgan fingerprint density at radius 2 is 1.73 bits per heavy atom. The van der Waals surface area contributed by atoms with Crippen molar-refractivity contribution in [2.24, 2.45) is 34.5 Å². The van der Waals surface area contributed by atoms with Crippen LogP contribution >= 0.6 is 0 Å². The maximum absolute atomic E-state index is 13.7. The predicted molar refractivity (Wildman–Crippen MR) is 135 cm³/mol. The van der Waals surface area contributed by atoms with Crippen molar-refractivity contribution in [1.82, 2.24) is 4.90 Å². The van der Waals surface area contributed by atoms with Gasteiger partial charge in [0, 0.05) is 23.8 Å². The van der Waals surface area contributed by atoms with Gasteiger partial charge >= 0.3 is 5.97 Å². The third kappa shape index (κ3) is 5.57. The van der Waals surface area contributed by atoms with Gasteiger partial charge in [0.2, 0.25) is 0 Å². The van der Waals surface area contributed by atoms with Gasteiger partial charge in [0.25, 0.3) is 0 Å². The Morgan fingerprint density at radius 3 is 2.36 bits per heavy atom. The van der Waals surface area contributed by atoms with Crippen molar-refractivity contribution in [2.45, 2.75) is 111 Å². The summed E-state index contributed by atoms with van der Waals surface area (Å²) < 4.78 is 6.34. The molecule has 33 heavy (non-hydrogen) atoms. The Kier molecular flexibility index (Phi) is 8.51. The van der Waals surface area contributed by atoms with Crippen LogP contribution in [-0.2, 0) is 14.3 Å². The molecule has 3 aliphatic rings. The van der Waals surface area contributed by atoms with Crippen LogP contribution in [0, 0.1) is 34.5 Å². The number of carbonyl (C=O) groups excluding carboxylic acids is 2. The van der Waals surface area contributed by atoms with E-state index >= 15 is 0 Å². The summed E-state index contributed by atoms with van der Waals surface area (Å²) in [6.07, 6.45) is 10.5. The second-order valence-electron chi connectivity index (χ2n) is 12.5. The molecule has 0 aromatic rings. The van der Waals surface area contributed by atoms with Gasteiger partial charge in [0.05, 0.1) is 6.42 Å². The lowest BCUT2D eigenvalue weighted by molar-refractivity contribution is -0.198. The lowest BCUT2D eigenvalue weighted by atomic mass is 9.44. The average molecular weight is 460 g/mol. The van der Waals surface area contributed by atoms with Gasteiger partial charge < -0.3 is 9.64 Å². The smallest absolute Gasteiger partial charge is 0.307 e. The number of ketones is 1. The molecule has 3 fully saturated rings. The van der Waals surface area contributed by atoms with Crippen molar-refractivity contribution in [2.75, 3.05) is 13.1 Å². The zero-order valence-corrected chi connectivity index (χ0v) is 22.2. The van der Waals surface area contributed by atoms with E-state index in [9.17, 15) is 9.59 Å². The van der Waals surface area contributed by atoms with Gasteiger partial charge in [-0.3, -0.25) is 9.59 Å². The lowest BCUT2D eigenvalue weighted by Gasteiger charge is -2.61. The van der Waals surface area contributed by atoms with E-state index in [-0.39, 0.29) is 40.8 Å². The number of ether oxygens (including phenoxy) is 1. The molecule has 2 saturated carbocycles. The van der Waals surface area contributed by atoms with Crippen LogP contribution in [0.25, 0.3) is 0 Å². The predicted octanol–water partition coefficient (Wildman–Crippen LogP) is 6.43. The highest BCUT2D eigenvalue weighted by atomic mass is 16.5. The van der Waals surface area contributed by atoms with Gasteiger partial charge in [-0.25, -0.2) is 0 Å². The van der Waals surface area contributed by atoms with Crippen molar-refractivity contribution >= 4 is 11.8 Å². The fourth-order valence-electron chi connectivity index (χ4n) is 7.70. The van der Waals surface area contributed by atoms with Crippen LogP contribution in [0.5, 0.6) is 0 Å². The molecular weight excluding hydrogens is 410 g/mol. The maximum atomic E-state index is 13.7. The largest absolute Gasteiger partial charge is 0.462 e. The van der Waals surface area contributed by atoms with Gasteiger partial charge in [-0.05, 0) is 81.7 Å². The molecule has 3 rings (SSSR count). The van der Waals surface area contributed by atoms with Crippen LogP contribution in [0.1, 0.15) is 99.3 Å². The van der Waals surface area contributed by atoms with Crippen LogP contribution in [0.2, 0.25) is 0 Å². The van der Waals surface area contributed by atoms with E-state index in [0.717, 1.165) is 38.8 Å². The van der Waals surface area contributed by atoms with Crippen LogP contribution < -0.4 is 0 Å². The summed E-state index contributed by atoms with van der Waals surface area (Å²) in [5.41, 5.74) is -0.150. The van der Waals surface area contributed by atoms with Crippen LogP contribution in [0.4, 0.5) is 0 Å². The van der Waals surface area contributed by atoms with Crippen LogP contribution in [0.3, 0.4) is 0 Å². The van der Waals surface area contributed by atoms with Gasteiger partial charge in [-0.1, -0.05) is 47.1 Å². The van der Waals surface area contributed by atoms with E-state index in [4.69, 9.17) is 4.74 Å². The third-order valence-corrected chi connectivity index (χ3v) is 9.61. The minimum Gasteiger partial charge on any atom is -0.462 e. The normalized spacial score (nSPS) is 36.3. The topological polar surface area (TPSA) is 46.6 Å². The SMILES string of the molecule is C=C[C@@H](C)CC(=O)[C@H]1[C@@H](C)CC[C@H]2C(C)(C)CCC(OC(=O)CC(C)N3CCCCC3)[C@]12C. The molecule has 1 saturated heterocycles. The summed E-state index contributed by atoms with van der Waals surface area (Å²) in [5, 5.41) is 0. The van der Waals surface area contributed by atoms with Gasteiger partial charge in [-0.2, -0.15) is 0 Å². The zero-order chi connectivity index (χ0) is 24.4. The van der Waals surface area contributed by atoms with E-state index in [1.807, 2.05) is 6.08 Å². The second-order valence-corrected chi connectivity index (χ2v) is 12.5. The fraction of sp³-hybridized carbons (Fsp3) is 0.862. The highest BCUT2D eigenvalue weighted by Gasteiger charge is 2.61. The molecule has 0 aromatic heterocycles. The van der Waals surface area contributed by atoms with E-state index in [1.54, 1.807) is 0 Å². The van der Waals surface area contributed by atoms with Crippen LogP contribution in [-0.4, -0.2) is 41.9 Å². The number of fused-ring (bicyclic) bond motifs is 1. The maximum Gasteiger partial charge on any atom is 0.307 e. The summed E-state index contributed by atoms with van der Waals surface area (Å²) in [6.45, 7) is 19.5. The van der Waals surface area contributed by atoms with E-state index in [0.29, 0.717) is 30.5 Å². The minimum absolute atomic E-state index is 0.0597. The Morgan fingerprint density at radius 1 is 1.06 bits per heavy atom. The first-order valence-electron chi connectivity index (χ1n) is 13.6. The minimum atomic E-state index is -0.304. The number of hydrogen-bond acceptors (Lipinski definition) is 4. The summed E-state index contributed by atoms with van der Waals surface area (Å²) in [5.74, 6) is 1.08. The molecular formula is C29H49NO3. The molecule has 1 aliphatic heterocycles. The van der Waals surface area contributed by atoms with E-state index in [1.165, 1.54) is 19.3 Å². The monoisotopic (exact) mass is 459 g/mol. The quantitative estimate of drug-likeness (QED) is 0.310. The summed E-state index contributed by atoms with van der Waals surface area (Å²) in [4.78, 5) is 29.3. The number of Topliss-reactive ketones (excluding diaryl/α,β-unsaturated/α-hetero) is 1. The molecule has 0 bridgehead atoms. The van der Waals surface area contributed by atoms with Gasteiger partial charge in [0.15, 0.2) is 0 Å². The number of hydrogen-bond donors (Lipinski definition) is 0. The Balaban J connectivity index is 1.81. The molecule has 7 atom stereocenters. The van der Waals surface area contributed by atoms with E-state index < -0.39 is 0 Å². The molecule has 4 heteroatoms. The zero-order valence-electron chi connectivity index (χ0n) is 22.2. The average Bonchev–Trinajstić information content (AvgIpc) is 2.75. The highest BCUT2D eigenvalue weighted by Crippen LogP contribution is 2.62. The second kappa shape index (κ2) is 10.6. The summed E-state index contributed by atoms with van der Waals surface area (Å²) >= 11 is 0. The molecule has 0 spiro atoms. The molecule has 1 heterocycles. The van der Waals surface area contributed by atoms with Gasteiger partial charge in [-0.15, -0.1) is 6.58 Å². The molecule has 0 N–H and O–H groups in total. The first-order valence-corrected chi connectivity index (χ1v) is 13.6. The van der Waals surface area contributed by atoms with Crippen molar-refractivity contribution in [3.63, 3.8) is 0 Å². The highest BCUT2D eigenvalue weighted by molar-refractivity contribution is 5.83. The first-order chi connectivity index (χ1) is 15.5. The summed E-state index contributed by atoms with van der Waals surface area (Å²) in [6, 6.07) is 0.220. The van der Waals surface area contributed by atoms with Crippen molar-refractivity contribution in [3.05, 3.63) is 12.7 Å². The van der Waals surface area contributed by atoms with Gasteiger partial charge in [0.1, 0.15) is 11.9 Å². The molecule has 0 aromatic carbocycles. The fourth-order valence-corrected chi connectivity index (χ4v) is 7.70. The van der Waals surface area contributed by atoms with Crippen molar-refractivity contribution in [3.8, 4) is 0 Å². The molecule has 2 aliphatic carbocycles. The number of piperidine rings is 1. The van der Waals surface area contributed by atoms with Crippen LogP contribution in [0.15, 0.2) is 12.7 Å². The number of likely N-dealkylation sites (tertiary alicyclic amines) is 1. The number of allylic oxidation sites excluding steroid dienone is 1. The number of nitrogens with zero attached hydrogens (tertiary/aromatic N) is 1. The lowest BCUT2D eigenvalue weighted by Crippen LogP contribution is -2.60. The molecule has 4 nitrogen and oxygen atoms in total. The third-order valence-electron chi connectivity index (χ3n) is 9.61. The molecule has 0 amide bonds. The number of esters is 1. The molecule has 2 unspecified atom stereocenters. The Hall–Kier alpha value is -1.16. The summed E-state index contributed by atoms with van der Waals surface area (Å²) in [7, 11) is 0. The van der Waals surface area contributed by atoms with Crippen molar-refractivity contribution in [1.29, 1.82) is 0 Å². The Bertz CT molecular complexity index is 710. The Labute approximate surface area is 202 Å². The van der Waals surface area contributed by atoms with Crippen molar-refractivity contribution < 1.29 is 14.3 Å². The van der Waals surface area contributed by atoms with E-state index in [2.05, 4.69) is 53.0 Å². The molecule has 188 valence electrons. The number of carbonyl (C=O) groups is 2. The number of rotatable bonds is 8.